The molecule has 0 saturated carbocycles. The zero-order valence-corrected chi connectivity index (χ0v) is 14.5. The van der Waals surface area contributed by atoms with E-state index < -0.39 is 23.4 Å². The molecule has 0 atom stereocenters. The molecule has 0 saturated heterocycles. The Kier molecular flexibility index (Phi) is 5.07. The van der Waals surface area contributed by atoms with Crippen LogP contribution in [0.1, 0.15) is 24.0 Å². The zero-order chi connectivity index (χ0) is 19.6. The van der Waals surface area contributed by atoms with Gasteiger partial charge in [0, 0.05) is 18.7 Å². The Morgan fingerprint density at radius 2 is 1.93 bits per heavy atom. The van der Waals surface area contributed by atoms with Crippen molar-refractivity contribution in [2.24, 2.45) is 0 Å². The largest absolute Gasteiger partial charge is 0.419 e. The summed E-state index contributed by atoms with van der Waals surface area (Å²) >= 11 is 0. The van der Waals surface area contributed by atoms with Gasteiger partial charge in [-0.05, 0) is 43.2 Å². The summed E-state index contributed by atoms with van der Waals surface area (Å²) in [7, 11) is 0. The smallest absolute Gasteiger partial charge is 0.408 e. The highest BCUT2D eigenvalue weighted by atomic mass is 19.4. The van der Waals surface area contributed by atoms with Crippen LogP contribution >= 0.6 is 0 Å². The summed E-state index contributed by atoms with van der Waals surface area (Å²) in [6, 6.07) is 10.6. The van der Waals surface area contributed by atoms with E-state index in [0.29, 0.717) is 17.5 Å². The highest BCUT2D eigenvalue weighted by Crippen LogP contribution is 2.33. The van der Waals surface area contributed by atoms with Gasteiger partial charge in [-0.2, -0.15) is 13.2 Å². The molecule has 1 amide bonds. The van der Waals surface area contributed by atoms with Gasteiger partial charge in [0.25, 0.3) is 0 Å². The standard InChI is InChI=1S/C19H17F3N2O3/c1-12-8-9-13(11-14(12)19(20,21)22)23-17(25)7-4-10-24-15-5-2-3-6-16(15)27-18(24)26/h2-3,5-6,8-9,11H,4,7,10H2,1H3,(H,23,25). The molecule has 5 nitrogen and oxygen atoms in total. The van der Waals surface area contributed by atoms with Crippen molar-refractivity contribution in [3.8, 4) is 0 Å². The quantitative estimate of drug-likeness (QED) is 0.718. The van der Waals surface area contributed by atoms with Gasteiger partial charge in [0.2, 0.25) is 5.91 Å². The maximum atomic E-state index is 12.9. The molecule has 8 heteroatoms. The number of hydrogen-bond acceptors (Lipinski definition) is 3. The number of para-hydroxylation sites is 2. The van der Waals surface area contributed by atoms with Crippen molar-refractivity contribution < 1.29 is 22.4 Å². The number of oxazole rings is 1. The minimum absolute atomic E-state index is 0.0567. The predicted octanol–water partition coefficient (Wildman–Crippen LogP) is 4.34. The third-order valence-electron chi connectivity index (χ3n) is 4.19. The normalized spacial score (nSPS) is 11.7. The number of benzene rings is 2. The van der Waals surface area contributed by atoms with Crippen molar-refractivity contribution in [1.82, 2.24) is 4.57 Å². The number of aryl methyl sites for hydroxylation is 2. The molecule has 1 N–H and O–H groups in total. The van der Waals surface area contributed by atoms with Crippen molar-refractivity contribution >= 4 is 22.7 Å². The van der Waals surface area contributed by atoms with Gasteiger partial charge in [0.05, 0.1) is 11.1 Å². The molecule has 1 aromatic heterocycles. The summed E-state index contributed by atoms with van der Waals surface area (Å²) < 4.78 is 45.3. The van der Waals surface area contributed by atoms with Crippen molar-refractivity contribution in [3.05, 3.63) is 64.1 Å². The molecule has 0 bridgehead atoms. The maximum absolute atomic E-state index is 12.9. The second-order valence-electron chi connectivity index (χ2n) is 6.17. The summed E-state index contributed by atoms with van der Waals surface area (Å²) in [5.41, 5.74) is 0.495. The molecule has 0 aliphatic carbocycles. The van der Waals surface area contributed by atoms with Crippen molar-refractivity contribution in [1.29, 1.82) is 0 Å². The third kappa shape index (κ3) is 4.21. The van der Waals surface area contributed by atoms with Gasteiger partial charge >= 0.3 is 11.9 Å². The Morgan fingerprint density at radius 3 is 2.67 bits per heavy atom. The number of anilines is 1. The summed E-state index contributed by atoms with van der Waals surface area (Å²) in [5, 5.41) is 2.46. The molecule has 142 valence electrons. The van der Waals surface area contributed by atoms with Crippen LogP contribution in [0.3, 0.4) is 0 Å². The van der Waals surface area contributed by atoms with E-state index in [1.165, 1.54) is 23.6 Å². The fourth-order valence-electron chi connectivity index (χ4n) is 2.85. The SMILES string of the molecule is Cc1ccc(NC(=O)CCCn2c(=O)oc3ccccc32)cc1C(F)(F)F. The molecule has 27 heavy (non-hydrogen) atoms. The summed E-state index contributed by atoms with van der Waals surface area (Å²) in [6.45, 7) is 1.63. The van der Waals surface area contributed by atoms with Gasteiger partial charge in [-0.3, -0.25) is 9.36 Å². The van der Waals surface area contributed by atoms with Gasteiger partial charge in [0.1, 0.15) is 0 Å². The van der Waals surface area contributed by atoms with E-state index in [1.807, 2.05) is 0 Å². The lowest BCUT2D eigenvalue weighted by Crippen LogP contribution is -2.17. The molecule has 2 aromatic carbocycles. The Labute approximate surface area is 152 Å². The number of aromatic nitrogens is 1. The van der Waals surface area contributed by atoms with Crippen LogP contribution in [-0.2, 0) is 17.5 Å². The number of amides is 1. The first-order chi connectivity index (χ1) is 12.8. The van der Waals surface area contributed by atoms with Crippen molar-refractivity contribution in [2.75, 3.05) is 5.32 Å². The maximum Gasteiger partial charge on any atom is 0.419 e. The van der Waals surface area contributed by atoms with Crippen LogP contribution in [0.4, 0.5) is 18.9 Å². The monoisotopic (exact) mass is 378 g/mol. The van der Waals surface area contributed by atoms with E-state index >= 15 is 0 Å². The molecular weight excluding hydrogens is 361 g/mol. The fraction of sp³-hybridized carbons (Fsp3) is 0.263. The second-order valence-corrected chi connectivity index (χ2v) is 6.17. The van der Waals surface area contributed by atoms with Crippen LogP contribution in [0, 0.1) is 6.92 Å². The van der Waals surface area contributed by atoms with E-state index in [2.05, 4.69) is 5.32 Å². The van der Waals surface area contributed by atoms with E-state index in [-0.39, 0.29) is 24.2 Å². The zero-order valence-electron chi connectivity index (χ0n) is 14.5. The van der Waals surface area contributed by atoms with Gasteiger partial charge in [0.15, 0.2) is 5.58 Å². The molecule has 3 aromatic rings. The average Bonchev–Trinajstić information content (AvgIpc) is 2.91. The van der Waals surface area contributed by atoms with Gasteiger partial charge in [-0.15, -0.1) is 0 Å². The predicted molar refractivity (Wildman–Crippen MR) is 94.5 cm³/mol. The lowest BCUT2D eigenvalue weighted by Gasteiger charge is -2.12. The summed E-state index contributed by atoms with van der Waals surface area (Å²) in [6.07, 6.45) is -4.08. The van der Waals surface area contributed by atoms with E-state index in [9.17, 15) is 22.8 Å². The molecule has 0 aliphatic rings. The van der Waals surface area contributed by atoms with Crippen LogP contribution in [0.25, 0.3) is 11.1 Å². The first kappa shape index (κ1) is 18.8. The number of halogens is 3. The first-order valence-corrected chi connectivity index (χ1v) is 8.32. The highest BCUT2D eigenvalue weighted by molar-refractivity contribution is 5.90. The second kappa shape index (κ2) is 7.30. The topological polar surface area (TPSA) is 64.2 Å². The van der Waals surface area contributed by atoms with E-state index in [0.717, 1.165) is 6.07 Å². The lowest BCUT2D eigenvalue weighted by molar-refractivity contribution is -0.138. The highest BCUT2D eigenvalue weighted by Gasteiger charge is 2.32. The molecular formula is C19H17F3N2O3. The summed E-state index contributed by atoms with van der Waals surface area (Å²) in [4.78, 5) is 23.9. The van der Waals surface area contributed by atoms with Crippen molar-refractivity contribution in [2.45, 2.75) is 32.5 Å². The Balaban J connectivity index is 1.62. The number of nitrogens with one attached hydrogen (secondary N) is 1. The Morgan fingerprint density at radius 1 is 1.19 bits per heavy atom. The van der Waals surface area contributed by atoms with Crippen LogP contribution in [0.5, 0.6) is 0 Å². The number of hydrogen-bond donors (Lipinski definition) is 1. The van der Waals surface area contributed by atoms with Crippen LogP contribution in [0.2, 0.25) is 0 Å². The Bertz CT molecular complexity index is 1030. The minimum atomic E-state index is -4.48. The summed E-state index contributed by atoms with van der Waals surface area (Å²) in [5.74, 6) is -0.933. The third-order valence-corrected chi connectivity index (χ3v) is 4.19. The van der Waals surface area contributed by atoms with Crippen LogP contribution in [0.15, 0.2) is 51.7 Å². The van der Waals surface area contributed by atoms with Gasteiger partial charge in [-0.1, -0.05) is 18.2 Å². The minimum Gasteiger partial charge on any atom is -0.408 e. The molecule has 1 heterocycles. The number of nitrogens with zero attached hydrogens (tertiary/aromatic N) is 1. The number of alkyl halides is 3. The van der Waals surface area contributed by atoms with Crippen LogP contribution < -0.4 is 11.1 Å². The number of fused-ring (bicyclic) bond motifs is 1. The molecule has 0 aliphatic heterocycles. The molecule has 0 fully saturated rings. The van der Waals surface area contributed by atoms with Gasteiger partial charge in [-0.25, -0.2) is 4.79 Å². The number of carbonyl (C=O) groups is 1. The average molecular weight is 378 g/mol. The van der Waals surface area contributed by atoms with Crippen molar-refractivity contribution in [3.63, 3.8) is 0 Å². The molecule has 0 spiro atoms. The van der Waals surface area contributed by atoms with E-state index in [1.54, 1.807) is 24.3 Å². The molecule has 0 radical (unpaired) electrons. The number of carbonyl (C=O) groups excluding carboxylic acids is 1. The number of rotatable bonds is 5. The lowest BCUT2D eigenvalue weighted by atomic mass is 10.1. The van der Waals surface area contributed by atoms with E-state index in [4.69, 9.17) is 4.42 Å². The molecule has 3 rings (SSSR count). The van der Waals surface area contributed by atoms with Gasteiger partial charge < -0.3 is 9.73 Å². The first-order valence-electron chi connectivity index (χ1n) is 8.32. The van der Waals surface area contributed by atoms with Crippen LogP contribution in [-0.4, -0.2) is 10.5 Å². The molecule has 0 unspecified atom stereocenters. The Hall–Kier alpha value is -3.03. The fourth-order valence-corrected chi connectivity index (χ4v) is 2.85.